The van der Waals surface area contributed by atoms with Gasteiger partial charge in [0.15, 0.2) is 5.22 Å². The summed E-state index contributed by atoms with van der Waals surface area (Å²) < 4.78 is 5.41. The molecule has 0 aliphatic carbocycles. The highest BCUT2D eigenvalue weighted by Crippen LogP contribution is 2.30. The first-order chi connectivity index (χ1) is 10.2. The molecule has 0 aliphatic heterocycles. The van der Waals surface area contributed by atoms with Crippen LogP contribution in [0.5, 0.6) is 0 Å². The van der Waals surface area contributed by atoms with Crippen molar-refractivity contribution in [3.63, 3.8) is 0 Å². The van der Waals surface area contributed by atoms with Crippen molar-refractivity contribution in [1.29, 1.82) is 0 Å². The van der Waals surface area contributed by atoms with Crippen molar-refractivity contribution < 1.29 is 4.42 Å². The van der Waals surface area contributed by atoms with Gasteiger partial charge in [0, 0.05) is 21.8 Å². The molecule has 4 rings (SSSR count). The zero-order valence-corrected chi connectivity index (χ0v) is 11.9. The van der Waals surface area contributed by atoms with Gasteiger partial charge in [-0.15, -0.1) is 0 Å². The van der Waals surface area contributed by atoms with E-state index in [1.807, 2.05) is 24.3 Å². The van der Waals surface area contributed by atoms with Crippen molar-refractivity contribution in [2.24, 2.45) is 5.73 Å². The number of hydrogen-bond acceptors (Lipinski definition) is 2. The van der Waals surface area contributed by atoms with Crippen LogP contribution in [-0.2, 0) is 0 Å². The molecule has 0 amide bonds. The molecule has 2 aromatic heterocycles. The highest BCUT2D eigenvalue weighted by Gasteiger charge is 2.14. The largest absolute Gasteiger partial charge is 0.448 e. The molecule has 4 heteroatoms. The third-order valence-corrected chi connectivity index (χ3v) is 3.99. The molecule has 1 unspecified atom stereocenters. The first-order valence-electron chi connectivity index (χ1n) is 6.73. The number of H-pyrrole nitrogens is 1. The van der Waals surface area contributed by atoms with Gasteiger partial charge in [-0.25, -0.2) is 0 Å². The molecule has 2 heterocycles. The van der Waals surface area contributed by atoms with Gasteiger partial charge in [0.2, 0.25) is 0 Å². The zero-order valence-electron chi connectivity index (χ0n) is 11.1. The third kappa shape index (κ3) is 2.02. The maximum absolute atomic E-state index is 6.27. The maximum atomic E-state index is 6.27. The lowest BCUT2D eigenvalue weighted by atomic mass is 10.0. The zero-order chi connectivity index (χ0) is 14.4. The maximum Gasteiger partial charge on any atom is 0.193 e. The SMILES string of the molecule is NC(c1ccc2[nH]c3ccccc3c2c1)c1ccc(Cl)o1. The minimum absolute atomic E-state index is 0.324. The molecule has 0 spiro atoms. The Labute approximate surface area is 126 Å². The number of hydrogen-bond donors (Lipinski definition) is 2. The highest BCUT2D eigenvalue weighted by molar-refractivity contribution is 6.28. The lowest BCUT2D eigenvalue weighted by Crippen LogP contribution is -2.10. The number of furan rings is 1. The number of halogens is 1. The van der Waals surface area contributed by atoms with Crippen molar-refractivity contribution in [3.8, 4) is 0 Å². The Morgan fingerprint density at radius 2 is 1.76 bits per heavy atom. The van der Waals surface area contributed by atoms with Gasteiger partial charge in [-0.2, -0.15) is 0 Å². The summed E-state index contributed by atoms with van der Waals surface area (Å²) in [5.74, 6) is 0.666. The molecule has 3 N–H and O–H groups in total. The topological polar surface area (TPSA) is 55.0 Å². The summed E-state index contributed by atoms with van der Waals surface area (Å²) >= 11 is 5.82. The molecule has 0 saturated carbocycles. The van der Waals surface area contributed by atoms with Crippen molar-refractivity contribution >= 4 is 33.4 Å². The van der Waals surface area contributed by atoms with E-state index in [1.54, 1.807) is 6.07 Å². The van der Waals surface area contributed by atoms with Crippen LogP contribution < -0.4 is 5.73 Å². The van der Waals surface area contributed by atoms with Crippen LogP contribution in [0.25, 0.3) is 21.8 Å². The van der Waals surface area contributed by atoms with Crippen molar-refractivity contribution in [2.45, 2.75) is 6.04 Å². The predicted octanol–water partition coefficient (Wildman–Crippen LogP) is 4.62. The molecule has 0 aliphatic rings. The third-order valence-electron chi connectivity index (χ3n) is 3.79. The second-order valence-electron chi connectivity index (χ2n) is 5.10. The summed E-state index contributed by atoms with van der Waals surface area (Å²) in [6.07, 6.45) is 0. The van der Waals surface area contributed by atoms with Gasteiger partial charge < -0.3 is 15.1 Å². The van der Waals surface area contributed by atoms with Crippen LogP contribution in [0.15, 0.2) is 59.0 Å². The Morgan fingerprint density at radius 3 is 2.57 bits per heavy atom. The standard InChI is InChI=1S/C17H13ClN2O/c18-16-8-7-15(21-16)17(19)10-5-6-14-12(9-10)11-3-1-2-4-13(11)20-14/h1-9,17,20H,19H2. The molecule has 0 saturated heterocycles. The van der Waals surface area contributed by atoms with Crippen molar-refractivity contribution in [2.75, 3.05) is 0 Å². The van der Waals surface area contributed by atoms with Gasteiger partial charge in [-0.3, -0.25) is 0 Å². The number of para-hydroxylation sites is 1. The summed E-state index contributed by atoms with van der Waals surface area (Å²) in [6, 6.07) is 17.6. The fourth-order valence-electron chi connectivity index (χ4n) is 2.72. The number of benzene rings is 2. The fraction of sp³-hybridized carbons (Fsp3) is 0.0588. The summed E-state index contributed by atoms with van der Waals surface area (Å²) in [7, 11) is 0. The lowest BCUT2D eigenvalue weighted by Gasteiger charge is -2.09. The second kappa shape index (κ2) is 4.65. The van der Waals surface area contributed by atoms with E-state index in [0.717, 1.165) is 22.0 Å². The molecule has 3 nitrogen and oxygen atoms in total. The number of rotatable bonds is 2. The van der Waals surface area contributed by atoms with Crippen LogP contribution in [0.2, 0.25) is 5.22 Å². The normalized spacial score (nSPS) is 13.0. The van der Waals surface area contributed by atoms with Gasteiger partial charge >= 0.3 is 0 Å². The number of aromatic amines is 1. The number of nitrogens with one attached hydrogen (secondary N) is 1. The molecule has 21 heavy (non-hydrogen) atoms. The molecule has 104 valence electrons. The Kier molecular flexibility index (Phi) is 2.77. The van der Waals surface area contributed by atoms with Crippen LogP contribution in [-0.4, -0.2) is 4.98 Å². The Balaban J connectivity index is 1.88. The number of nitrogens with two attached hydrogens (primary N) is 1. The van der Waals surface area contributed by atoms with Gasteiger partial charge in [0.1, 0.15) is 5.76 Å². The van der Waals surface area contributed by atoms with E-state index in [9.17, 15) is 0 Å². The van der Waals surface area contributed by atoms with Gasteiger partial charge in [0.05, 0.1) is 6.04 Å². The average molecular weight is 297 g/mol. The lowest BCUT2D eigenvalue weighted by molar-refractivity contribution is 0.491. The average Bonchev–Trinajstić information content (AvgIpc) is 3.09. The molecule has 4 aromatic rings. The highest BCUT2D eigenvalue weighted by atomic mass is 35.5. The van der Waals surface area contributed by atoms with E-state index in [0.29, 0.717) is 11.0 Å². The minimum Gasteiger partial charge on any atom is -0.448 e. The van der Waals surface area contributed by atoms with Crippen LogP contribution in [0.3, 0.4) is 0 Å². The molecule has 1 atom stereocenters. The molecule has 0 radical (unpaired) electrons. The summed E-state index contributed by atoms with van der Waals surface area (Å²) in [5.41, 5.74) is 9.50. The second-order valence-corrected chi connectivity index (χ2v) is 5.47. The molecule has 2 aromatic carbocycles. The summed E-state index contributed by atoms with van der Waals surface area (Å²) in [4.78, 5) is 3.40. The quantitative estimate of drug-likeness (QED) is 0.567. The summed E-state index contributed by atoms with van der Waals surface area (Å²) in [6.45, 7) is 0. The fourth-order valence-corrected chi connectivity index (χ4v) is 2.87. The Bertz CT molecular complexity index is 938. The van der Waals surface area contributed by atoms with Crippen LogP contribution in [0.1, 0.15) is 17.4 Å². The van der Waals surface area contributed by atoms with Gasteiger partial charge in [-0.1, -0.05) is 24.3 Å². The number of fused-ring (bicyclic) bond motifs is 3. The van der Waals surface area contributed by atoms with E-state index in [4.69, 9.17) is 21.8 Å². The molecular weight excluding hydrogens is 284 g/mol. The molecular formula is C17H13ClN2O. The predicted molar refractivity (Wildman–Crippen MR) is 85.6 cm³/mol. The van der Waals surface area contributed by atoms with Gasteiger partial charge in [-0.05, 0) is 47.5 Å². The van der Waals surface area contributed by atoms with Crippen molar-refractivity contribution in [1.82, 2.24) is 4.98 Å². The Morgan fingerprint density at radius 1 is 0.952 bits per heavy atom. The Hall–Kier alpha value is -2.23. The molecule has 0 fully saturated rings. The van der Waals surface area contributed by atoms with Crippen LogP contribution in [0, 0.1) is 0 Å². The van der Waals surface area contributed by atoms with Gasteiger partial charge in [0.25, 0.3) is 0 Å². The summed E-state index contributed by atoms with van der Waals surface area (Å²) in [5, 5.41) is 2.71. The van der Waals surface area contributed by atoms with Crippen LogP contribution in [0.4, 0.5) is 0 Å². The molecule has 0 bridgehead atoms. The van der Waals surface area contributed by atoms with E-state index >= 15 is 0 Å². The first-order valence-corrected chi connectivity index (χ1v) is 7.11. The van der Waals surface area contributed by atoms with E-state index < -0.39 is 0 Å². The minimum atomic E-state index is -0.324. The smallest absolute Gasteiger partial charge is 0.193 e. The first kappa shape index (κ1) is 12.5. The monoisotopic (exact) mass is 296 g/mol. The van der Waals surface area contributed by atoms with E-state index in [-0.39, 0.29) is 6.04 Å². The van der Waals surface area contributed by atoms with Crippen LogP contribution >= 0.6 is 11.6 Å². The number of aromatic nitrogens is 1. The van der Waals surface area contributed by atoms with E-state index in [2.05, 4.69) is 29.2 Å². The van der Waals surface area contributed by atoms with Crippen molar-refractivity contribution in [3.05, 3.63) is 71.1 Å². The van der Waals surface area contributed by atoms with E-state index in [1.165, 1.54) is 5.39 Å².